The Hall–Kier alpha value is -1.81. The van der Waals surface area contributed by atoms with E-state index in [9.17, 15) is 16.8 Å². The summed E-state index contributed by atoms with van der Waals surface area (Å²) in [6.07, 6.45) is 0. The van der Waals surface area contributed by atoms with Crippen LogP contribution in [0.25, 0.3) is 0 Å². The number of hydrogen-bond donors (Lipinski definition) is 2. The summed E-state index contributed by atoms with van der Waals surface area (Å²) in [6.45, 7) is 0. The van der Waals surface area contributed by atoms with Crippen molar-refractivity contribution in [3.8, 4) is 5.75 Å². The van der Waals surface area contributed by atoms with E-state index < -0.39 is 30.0 Å². The van der Waals surface area contributed by atoms with Crippen LogP contribution < -0.4 is 9.92 Å². The second-order valence-corrected chi connectivity index (χ2v) is 7.46. The first-order valence-electron chi connectivity index (χ1n) is 5.67. The van der Waals surface area contributed by atoms with Crippen molar-refractivity contribution in [2.45, 2.75) is 9.79 Å². The third kappa shape index (κ3) is 3.50. The second kappa shape index (κ2) is 5.76. The Morgan fingerprint density at radius 1 is 1.00 bits per heavy atom. The number of halogens is 1. The summed E-state index contributed by atoms with van der Waals surface area (Å²) in [5.41, 5.74) is 5.03. The summed E-state index contributed by atoms with van der Waals surface area (Å²) in [6, 6.07) is 9.11. The molecular formula is C12H10ClNO6S2. The van der Waals surface area contributed by atoms with Crippen molar-refractivity contribution in [3.63, 3.8) is 0 Å². The van der Waals surface area contributed by atoms with Gasteiger partial charge in [-0.1, -0.05) is 29.8 Å². The number of nitrogen functional groups attached to an aromatic ring is 1. The fraction of sp³-hybridized carbons (Fsp3) is 0. The predicted molar refractivity (Wildman–Crippen MR) is 79.9 cm³/mol. The summed E-state index contributed by atoms with van der Waals surface area (Å²) >= 11 is 5.79. The first kappa shape index (κ1) is 16.6. The maximum atomic E-state index is 12.2. The number of rotatable bonds is 4. The number of hydrogen-bond acceptors (Lipinski definition) is 6. The van der Waals surface area contributed by atoms with Crippen molar-refractivity contribution < 1.29 is 25.6 Å². The lowest BCUT2D eigenvalue weighted by Gasteiger charge is -2.11. The predicted octanol–water partition coefficient (Wildman–Crippen LogP) is 1.94. The Kier molecular flexibility index (Phi) is 4.34. The third-order valence-corrected chi connectivity index (χ3v) is 5.18. The van der Waals surface area contributed by atoms with E-state index in [-0.39, 0.29) is 16.5 Å². The maximum absolute atomic E-state index is 12.2. The van der Waals surface area contributed by atoms with E-state index in [2.05, 4.69) is 0 Å². The molecule has 0 bridgehead atoms. The number of benzene rings is 2. The van der Waals surface area contributed by atoms with E-state index in [1.807, 2.05) is 0 Å². The van der Waals surface area contributed by atoms with Crippen LogP contribution in [-0.2, 0) is 20.2 Å². The van der Waals surface area contributed by atoms with Crippen LogP contribution in [-0.4, -0.2) is 21.4 Å². The van der Waals surface area contributed by atoms with E-state index in [4.69, 9.17) is 26.1 Å². The maximum Gasteiger partial charge on any atom is 0.340 e. The molecule has 0 aliphatic rings. The highest BCUT2D eigenvalue weighted by molar-refractivity contribution is 7.87. The summed E-state index contributed by atoms with van der Waals surface area (Å²) in [4.78, 5) is -1.40. The smallest absolute Gasteiger partial charge is 0.340 e. The zero-order chi connectivity index (χ0) is 16.5. The number of anilines is 1. The number of nitrogens with two attached hydrogens (primary N) is 1. The van der Waals surface area contributed by atoms with E-state index in [0.717, 1.165) is 6.07 Å². The van der Waals surface area contributed by atoms with E-state index in [1.54, 1.807) is 18.2 Å². The van der Waals surface area contributed by atoms with Gasteiger partial charge in [0.2, 0.25) is 0 Å². The summed E-state index contributed by atoms with van der Waals surface area (Å²) in [5.74, 6) is 0.0174. The minimum atomic E-state index is -4.71. The third-order valence-electron chi connectivity index (χ3n) is 2.56. The molecule has 2 aromatic carbocycles. The van der Waals surface area contributed by atoms with Crippen molar-refractivity contribution in [1.82, 2.24) is 0 Å². The Balaban J connectivity index is 2.56. The van der Waals surface area contributed by atoms with Gasteiger partial charge in [-0.2, -0.15) is 16.8 Å². The zero-order valence-electron chi connectivity index (χ0n) is 10.8. The van der Waals surface area contributed by atoms with Gasteiger partial charge in [0.15, 0.2) is 0 Å². The molecule has 0 atom stereocenters. The fourth-order valence-electron chi connectivity index (χ4n) is 1.61. The normalized spacial score (nSPS) is 12.1. The fourth-order valence-corrected chi connectivity index (χ4v) is 3.78. The van der Waals surface area contributed by atoms with Crippen LogP contribution in [0.1, 0.15) is 0 Å². The molecule has 0 aliphatic carbocycles. The second-order valence-electron chi connectivity index (χ2n) is 4.15. The summed E-state index contributed by atoms with van der Waals surface area (Å²) in [5, 5.41) is -0.333. The number of para-hydroxylation sites is 1. The Labute approximate surface area is 132 Å². The van der Waals surface area contributed by atoms with E-state index in [0.29, 0.717) is 6.07 Å². The van der Waals surface area contributed by atoms with Gasteiger partial charge in [-0.3, -0.25) is 4.55 Å². The van der Waals surface area contributed by atoms with Gasteiger partial charge in [0.05, 0.1) is 10.7 Å². The van der Waals surface area contributed by atoms with Gasteiger partial charge in [0, 0.05) is 0 Å². The molecule has 2 aromatic rings. The molecule has 0 saturated carbocycles. The minimum Gasteiger partial charge on any atom is -0.398 e. The van der Waals surface area contributed by atoms with Gasteiger partial charge in [0.25, 0.3) is 10.1 Å². The highest BCUT2D eigenvalue weighted by atomic mass is 35.5. The van der Waals surface area contributed by atoms with Gasteiger partial charge in [-0.15, -0.1) is 0 Å². The molecule has 7 nitrogen and oxygen atoms in total. The molecule has 0 aromatic heterocycles. The molecule has 0 aliphatic heterocycles. The molecule has 0 fully saturated rings. The van der Waals surface area contributed by atoms with Crippen molar-refractivity contribution in [2.24, 2.45) is 0 Å². The van der Waals surface area contributed by atoms with Crippen LogP contribution in [0.3, 0.4) is 0 Å². The molecule has 0 heterocycles. The van der Waals surface area contributed by atoms with Crippen molar-refractivity contribution in [2.75, 3.05) is 5.73 Å². The van der Waals surface area contributed by atoms with Gasteiger partial charge in [-0.05, 0) is 24.3 Å². The average Bonchev–Trinajstić information content (AvgIpc) is 2.37. The van der Waals surface area contributed by atoms with Crippen LogP contribution in [0.4, 0.5) is 5.69 Å². The zero-order valence-corrected chi connectivity index (χ0v) is 13.2. The first-order valence-corrected chi connectivity index (χ1v) is 8.90. The molecule has 0 radical (unpaired) electrons. The lowest BCUT2D eigenvalue weighted by atomic mass is 10.3. The summed E-state index contributed by atoms with van der Waals surface area (Å²) < 4.78 is 60.7. The van der Waals surface area contributed by atoms with Crippen LogP contribution in [0.15, 0.2) is 52.3 Å². The molecule has 0 unspecified atom stereocenters. The van der Waals surface area contributed by atoms with Gasteiger partial charge in [-0.25, -0.2) is 0 Å². The summed E-state index contributed by atoms with van der Waals surface area (Å²) in [7, 11) is -9.12. The minimum absolute atomic E-state index is 0.0174. The van der Waals surface area contributed by atoms with Crippen molar-refractivity contribution in [3.05, 3.63) is 47.5 Å². The first-order chi connectivity index (χ1) is 10.1. The van der Waals surface area contributed by atoms with Crippen LogP contribution in [0.2, 0.25) is 5.02 Å². The standard InChI is InChI=1S/C12H10ClNO6S2/c13-9-6-10(14)12(21(15,16)17)7-11(9)22(18,19)20-8-4-2-1-3-5-8/h1-7H,14H2,(H,15,16,17). The largest absolute Gasteiger partial charge is 0.398 e. The van der Waals surface area contributed by atoms with E-state index in [1.165, 1.54) is 12.1 Å². The Bertz CT molecular complexity index is 910. The SMILES string of the molecule is Nc1cc(Cl)c(S(=O)(=O)Oc2ccccc2)cc1S(=O)(=O)O. The highest BCUT2D eigenvalue weighted by Crippen LogP contribution is 2.31. The molecule has 3 N–H and O–H groups in total. The highest BCUT2D eigenvalue weighted by Gasteiger charge is 2.25. The van der Waals surface area contributed by atoms with Crippen LogP contribution >= 0.6 is 11.6 Å². The molecule has 0 saturated heterocycles. The molecule has 10 heteroatoms. The van der Waals surface area contributed by atoms with Crippen LogP contribution in [0.5, 0.6) is 5.75 Å². The molecule has 0 amide bonds. The lowest BCUT2D eigenvalue weighted by Crippen LogP contribution is -2.12. The van der Waals surface area contributed by atoms with Gasteiger partial charge in [0.1, 0.15) is 15.5 Å². The molecule has 118 valence electrons. The van der Waals surface area contributed by atoms with Crippen LogP contribution in [0, 0.1) is 0 Å². The van der Waals surface area contributed by atoms with Crippen molar-refractivity contribution in [1.29, 1.82) is 0 Å². The monoisotopic (exact) mass is 363 g/mol. The lowest BCUT2D eigenvalue weighted by molar-refractivity contribution is 0.482. The molecule has 22 heavy (non-hydrogen) atoms. The molecular weight excluding hydrogens is 354 g/mol. The molecule has 2 rings (SSSR count). The average molecular weight is 364 g/mol. The molecule has 0 spiro atoms. The van der Waals surface area contributed by atoms with Gasteiger partial charge < -0.3 is 9.92 Å². The Morgan fingerprint density at radius 2 is 1.59 bits per heavy atom. The quantitative estimate of drug-likeness (QED) is 0.483. The van der Waals surface area contributed by atoms with Gasteiger partial charge >= 0.3 is 10.1 Å². The van der Waals surface area contributed by atoms with E-state index >= 15 is 0 Å². The Morgan fingerprint density at radius 3 is 2.14 bits per heavy atom. The van der Waals surface area contributed by atoms with Crippen molar-refractivity contribution >= 4 is 37.5 Å². The topological polar surface area (TPSA) is 124 Å².